The van der Waals surface area contributed by atoms with Gasteiger partial charge in [0.15, 0.2) is 5.69 Å². The van der Waals surface area contributed by atoms with E-state index in [4.69, 9.17) is 5.11 Å². The molecule has 0 radical (unpaired) electrons. The minimum Gasteiger partial charge on any atom is -0.480 e. The van der Waals surface area contributed by atoms with E-state index in [0.29, 0.717) is 6.42 Å². The highest BCUT2D eigenvalue weighted by molar-refractivity contribution is 5.95. The Balaban J connectivity index is 2.95. The minimum atomic E-state index is -1.13. The molecule has 2 N–H and O–H groups in total. The third-order valence-electron chi connectivity index (χ3n) is 3.28. The summed E-state index contributed by atoms with van der Waals surface area (Å²) in [5, 5.41) is 22.2. The Hall–Kier alpha value is -2.38. The van der Waals surface area contributed by atoms with Crippen molar-refractivity contribution in [3.63, 3.8) is 0 Å². The highest BCUT2D eigenvalue weighted by Crippen LogP contribution is 2.16. The maximum absolute atomic E-state index is 12.0. The number of nitro groups is 1. The molecule has 1 amide bonds. The number of carboxylic acid groups (broad SMARTS) is 1. The summed E-state index contributed by atoms with van der Waals surface area (Å²) >= 11 is 0. The Bertz CT molecular complexity index is 537. The fourth-order valence-corrected chi connectivity index (χ4v) is 1.81. The number of nitrogens with zero attached hydrogens (tertiary/aromatic N) is 2. The van der Waals surface area contributed by atoms with Crippen LogP contribution in [0, 0.1) is 16.0 Å². The highest BCUT2D eigenvalue weighted by atomic mass is 16.6. The van der Waals surface area contributed by atoms with Gasteiger partial charge in [-0.2, -0.15) is 0 Å². The van der Waals surface area contributed by atoms with Crippen LogP contribution in [0.5, 0.6) is 0 Å². The molecular weight excluding hydrogens is 266 g/mol. The monoisotopic (exact) mass is 283 g/mol. The van der Waals surface area contributed by atoms with Gasteiger partial charge in [-0.1, -0.05) is 20.3 Å². The molecule has 8 heteroatoms. The molecule has 1 heterocycles. The van der Waals surface area contributed by atoms with Crippen molar-refractivity contribution in [1.29, 1.82) is 0 Å². The smallest absolute Gasteiger partial charge is 0.326 e. The molecule has 0 saturated heterocycles. The second-order valence-corrected chi connectivity index (χ2v) is 4.57. The van der Waals surface area contributed by atoms with E-state index in [-0.39, 0.29) is 17.4 Å². The number of hydrogen-bond acceptors (Lipinski definition) is 4. The van der Waals surface area contributed by atoms with Crippen LogP contribution in [0.4, 0.5) is 5.82 Å². The zero-order valence-electron chi connectivity index (χ0n) is 11.5. The average Bonchev–Trinajstić information content (AvgIpc) is 2.76. The quantitative estimate of drug-likeness (QED) is 0.600. The van der Waals surface area contributed by atoms with E-state index in [1.807, 2.05) is 6.92 Å². The lowest BCUT2D eigenvalue weighted by atomic mass is 9.99. The number of carbonyl (C=O) groups is 2. The minimum absolute atomic E-state index is 0.0475. The van der Waals surface area contributed by atoms with Crippen LogP contribution in [0.2, 0.25) is 0 Å². The molecule has 8 nitrogen and oxygen atoms in total. The third-order valence-corrected chi connectivity index (χ3v) is 3.28. The molecule has 0 saturated carbocycles. The normalized spacial score (nSPS) is 13.6. The Labute approximate surface area is 115 Å². The number of aromatic nitrogens is 1. The number of hydrogen-bond donors (Lipinski definition) is 2. The number of aliphatic carboxylic acids is 1. The lowest BCUT2D eigenvalue weighted by Crippen LogP contribution is -2.45. The Morgan fingerprint density at radius 2 is 2.10 bits per heavy atom. The molecule has 0 aliphatic heterocycles. The van der Waals surface area contributed by atoms with Crippen molar-refractivity contribution < 1.29 is 19.6 Å². The average molecular weight is 283 g/mol. The maximum atomic E-state index is 12.0. The predicted octanol–water partition coefficient (Wildman–Crippen LogP) is 1.16. The molecule has 1 aromatic heterocycles. The van der Waals surface area contributed by atoms with Crippen molar-refractivity contribution in [2.24, 2.45) is 13.0 Å². The summed E-state index contributed by atoms with van der Waals surface area (Å²) in [5.41, 5.74) is 0.0475. The van der Waals surface area contributed by atoms with Gasteiger partial charge in [-0.25, -0.2) is 9.36 Å². The Morgan fingerprint density at radius 3 is 2.50 bits per heavy atom. The molecule has 1 rings (SSSR count). The molecular formula is C12H17N3O5. The summed E-state index contributed by atoms with van der Waals surface area (Å²) in [5.74, 6) is -2.25. The fourth-order valence-electron chi connectivity index (χ4n) is 1.81. The zero-order chi connectivity index (χ0) is 15.4. The molecule has 0 spiro atoms. The summed E-state index contributed by atoms with van der Waals surface area (Å²) in [4.78, 5) is 33.2. The van der Waals surface area contributed by atoms with E-state index in [1.165, 1.54) is 19.2 Å². The van der Waals surface area contributed by atoms with Crippen molar-refractivity contribution in [1.82, 2.24) is 9.88 Å². The number of carboxylic acids is 1. The van der Waals surface area contributed by atoms with E-state index in [2.05, 4.69) is 5.32 Å². The number of nitrogens with one attached hydrogen (secondary N) is 1. The van der Waals surface area contributed by atoms with Crippen LogP contribution in [0.15, 0.2) is 12.1 Å². The summed E-state index contributed by atoms with van der Waals surface area (Å²) in [6.07, 6.45) is 0.588. The van der Waals surface area contributed by atoms with Crippen LogP contribution < -0.4 is 5.32 Å². The van der Waals surface area contributed by atoms with Gasteiger partial charge in [-0.05, 0) is 16.9 Å². The van der Waals surface area contributed by atoms with Crippen molar-refractivity contribution in [2.45, 2.75) is 26.3 Å². The molecule has 2 atom stereocenters. The van der Waals surface area contributed by atoms with E-state index in [9.17, 15) is 19.7 Å². The lowest BCUT2D eigenvalue weighted by Gasteiger charge is -2.19. The SMILES string of the molecule is CCC(C)[C@H](NC(=O)c1ccc([N+](=O)[O-])n1C)C(=O)O. The fraction of sp³-hybridized carbons (Fsp3) is 0.500. The number of rotatable bonds is 6. The molecule has 20 heavy (non-hydrogen) atoms. The Kier molecular flexibility index (Phi) is 4.84. The standard InChI is InChI=1S/C12H17N3O5/c1-4-7(2)10(12(17)18)13-11(16)8-5-6-9(14(8)3)15(19)20/h5-7,10H,4H2,1-3H3,(H,13,16)(H,17,18)/t7?,10-/m0/s1. The summed E-state index contributed by atoms with van der Waals surface area (Å²) in [6, 6.07) is 1.47. The molecule has 0 aromatic carbocycles. The van der Waals surface area contributed by atoms with E-state index < -0.39 is 22.8 Å². The van der Waals surface area contributed by atoms with Gasteiger partial charge in [0.1, 0.15) is 6.04 Å². The van der Waals surface area contributed by atoms with Gasteiger partial charge in [0.2, 0.25) is 0 Å². The van der Waals surface area contributed by atoms with Crippen molar-refractivity contribution in [3.8, 4) is 0 Å². The van der Waals surface area contributed by atoms with Gasteiger partial charge in [-0.3, -0.25) is 4.79 Å². The van der Waals surface area contributed by atoms with Gasteiger partial charge in [0, 0.05) is 6.07 Å². The summed E-state index contributed by atoms with van der Waals surface area (Å²) in [6.45, 7) is 3.53. The Morgan fingerprint density at radius 1 is 1.50 bits per heavy atom. The molecule has 0 aliphatic rings. The van der Waals surface area contributed by atoms with Crippen LogP contribution in [0.1, 0.15) is 30.8 Å². The number of amides is 1. The van der Waals surface area contributed by atoms with Crippen LogP contribution >= 0.6 is 0 Å². The van der Waals surface area contributed by atoms with E-state index >= 15 is 0 Å². The first-order valence-corrected chi connectivity index (χ1v) is 6.13. The second-order valence-electron chi connectivity index (χ2n) is 4.57. The summed E-state index contributed by atoms with van der Waals surface area (Å²) < 4.78 is 1.12. The van der Waals surface area contributed by atoms with Gasteiger partial charge in [0.25, 0.3) is 5.91 Å². The first-order valence-electron chi connectivity index (χ1n) is 6.13. The van der Waals surface area contributed by atoms with Crippen molar-refractivity contribution in [2.75, 3.05) is 0 Å². The van der Waals surface area contributed by atoms with Gasteiger partial charge in [0.05, 0.1) is 7.05 Å². The van der Waals surface area contributed by atoms with Crippen molar-refractivity contribution in [3.05, 3.63) is 27.9 Å². The molecule has 0 fully saturated rings. The van der Waals surface area contributed by atoms with Crippen LogP contribution in [0.3, 0.4) is 0 Å². The van der Waals surface area contributed by atoms with Crippen LogP contribution in [0.25, 0.3) is 0 Å². The molecule has 110 valence electrons. The second kappa shape index (κ2) is 6.18. The van der Waals surface area contributed by atoms with Gasteiger partial charge >= 0.3 is 11.8 Å². The third kappa shape index (κ3) is 3.14. The summed E-state index contributed by atoms with van der Waals surface area (Å²) in [7, 11) is 1.38. The maximum Gasteiger partial charge on any atom is 0.326 e. The van der Waals surface area contributed by atoms with E-state index in [0.717, 1.165) is 4.57 Å². The van der Waals surface area contributed by atoms with Crippen LogP contribution in [-0.4, -0.2) is 32.5 Å². The first kappa shape index (κ1) is 15.7. The van der Waals surface area contributed by atoms with Crippen molar-refractivity contribution >= 4 is 17.7 Å². The molecule has 0 aliphatic carbocycles. The molecule has 0 bridgehead atoms. The first-order chi connectivity index (χ1) is 9.29. The lowest BCUT2D eigenvalue weighted by molar-refractivity contribution is -0.391. The predicted molar refractivity (Wildman–Crippen MR) is 70.4 cm³/mol. The highest BCUT2D eigenvalue weighted by Gasteiger charge is 2.28. The zero-order valence-corrected chi connectivity index (χ0v) is 11.5. The van der Waals surface area contributed by atoms with Gasteiger partial charge in [-0.15, -0.1) is 0 Å². The number of carbonyl (C=O) groups excluding carboxylic acids is 1. The van der Waals surface area contributed by atoms with Crippen LogP contribution in [-0.2, 0) is 11.8 Å². The largest absolute Gasteiger partial charge is 0.480 e. The van der Waals surface area contributed by atoms with E-state index in [1.54, 1.807) is 6.92 Å². The molecule has 1 aromatic rings. The topological polar surface area (TPSA) is 114 Å². The molecule has 1 unspecified atom stereocenters. The van der Waals surface area contributed by atoms with Gasteiger partial charge < -0.3 is 20.5 Å².